The highest BCUT2D eigenvalue weighted by atomic mass is 32.1. The zero-order valence-corrected chi connectivity index (χ0v) is 28.1. The number of aliphatic hydroxyl groups excluding tert-OH is 1. The first-order valence-corrected chi connectivity index (χ1v) is 17.3. The van der Waals surface area contributed by atoms with Crippen molar-refractivity contribution in [2.24, 2.45) is 29.1 Å². The predicted octanol–water partition coefficient (Wildman–Crippen LogP) is 4.23. The summed E-state index contributed by atoms with van der Waals surface area (Å²) in [6, 6.07) is 18.7. The number of thiocarbonyl (C=S) groups is 1. The minimum atomic E-state index is -0.636. The van der Waals surface area contributed by atoms with Crippen LogP contribution in [0.25, 0.3) is 0 Å². The van der Waals surface area contributed by atoms with E-state index in [-0.39, 0.29) is 17.9 Å². The molecule has 1 amide bonds. The molecular formula is C36H51N5O3S. The Bertz CT molecular complexity index is 1330. The Morgan fingerprint density at radius 1 is 1.07 bits per heavy atom. The van der Waals surface area contributed by atoms with Crippen molar-refractivity contribution in [3.63, 3.8) is 0 Å². The average Bonchev–Trinajstić information content (AvgIpc) is 3.46. The normalized spacial score (nSPS) is 30.0. The number of rotatable bonds is 9. The van der Waals surface area contributed by atoms with Gasteiger partial charge in [-0.3, -0.25) is 9.63 Å². The molecule has 3 saturated carbocycles. The van der Waals surface area contributed by atoms with Gasteiger partial charge in [0.25, 0.3) is 0 Å². The molecule has 2 aromatic carbocycles. The van der Waals surface area contributed by atoms with E-state index in [9.17, 15) is 9.90 Å². The molecule has 45 heavy (non-hydrogen) atoms. The van der Waals surface area contributed by atoms with Crippen LogP contribution in [0.2, 0.25) is 0 Å². The maximum atomic E-state index is 13.8. The SMILES string of the molecule is C[C@@H]1[C@@H](NC(=O)[C@@H]2[C@H]([C@H](C)O)CON2Cc2cccc(N3CCN(C(=S)NCCc4ccccc4)CC3)c2)C[C@H]2C[C@@H]1C2(C)C. The van der Waals surface area contributed by atoms with Gasteiger partial charge < -0.3 is 25.5 Å². The summed E-state index contributed by atoms with van der Waals surface area (Å²) in [7, 11) is 0. The van der Waals surface area contributed by atoms with E-state index < -0.39 is 12.1 Å². The first kappa shape index (κ1) is 32.2. The monoisotopic (exact) mass is 633 g/mol. The van der Waals surface area contributed by atoms with Crippen LogP contribution >= 0.6 is 12.2 Å². The largest absolute Gasteiger partial charge is 0.393 e. The van der Waals surface area contributed by atoms with E-state index >= 15 is 0 Å². The number of nitrogens with one attached hydrogen (secondary N) is 2. The van der Waals surface area contributed by atoms with Crippen LogP contribution in [0, 0.1) is 29.1 Å². The Kier molecular flexibility index (Phi) is 9.71. The molecule has 2 heterocycles. The second-order valence-corrected chi connectivity index (χ2v) is 14.8. The zero-order chi connectivity index (χ0) is 31.7. The maximum absolute atomic E-state index is 13.8. The van der Waals surface area contributed by atoms with Crippen LogP contribution in [0.3, 0.4) is 0 Å². The molecule has 0 aromatic heterocycles. The summed E-state index contributed by atoms with van der Waals surface area (Å²) in [5, 5.41) is 20.1. The molecule has 244 valence electrons. The minimum Gasteiger partial charge on any atom is -0.393 e. The molecule has 7 atom stereocenters. The van der Waals surface area contributed by atoms with Crippen LogP contribution in [0.5, 0.6) is 0 Å². The molecule has 0 radical (unpaired) electrons. The van der Waals surface area contributed by atoms with Crippen LogP contribution in [0.15, 0.2) is 54.6 Å². The van der Waals surface area contributed by atoms with Gasteiger partial charge in [0.1, 0.15) is 6.04 Å². The molecule has 9 heteroatoms. The first-order valence-electron chi connectivity index (χ1n) is 16.9. The number of hydroxylamine groups is 2. The third-order valence-corrected chi connectivity index (χ3v) is 11.8. The third kappa shape index (κ3) is 6.87. The standard InChI is InChI=1S/C36H51N5O3S/c1-24-31-20-28(36(31,3)4)21-32(24)38-34(43)33-30(25(2)42)23-44-41(33)22-27-11-8-12-29(19-27)39-15-17-40(18-16-39)35(45)37-14-13-26-9-6-5-7-10-26/h5-12,19,24-25,28,30-33,42H,13-18,20-23H2,1-4H3,(H,37,45)(H,38,43)/t24-,25-,28+,30-,31-,32-,33-/m0/s1. The number of hydrogen-bond donors (Lipinski definition) is 3. The highest BCUT2D eigenvalue weighted by Crippen LogP contribution is 2.61. The molecule has 2 saturated heterocycles. The van der Waals surface area contributed by atoms with Crippen molar-refractivity contribution in [1.29, 1.82) is 0 Å². The molecule has 0 spiro atoms. The van der Waals surface area contributed by atoms with E-state index in [2.05, 4.69) is 89.7 Å². The lowest BCUT2D eigenvalue weighted by Crippen LogP contribution is -2.62. The summed E-state index contributed by atoms with van der Waals surface area (Å²) in [5.74, 6) is 1.49. The Morgan fingerprint density at radius 2 is 1.80 bits per heavy atom. The summed E-state index contributed by atoms with van der Waals surface area (Å²) in [6.07, 6.45) is 2.63. The van der Waals surface area contributed by atoms with Crippen molar-refractivity contribution in [1.82, 2.24) is 20.6 Å². The van der Waals surface area contributed by atoms with Crippen LogP contribution in [-0.2, 0) is 22.6 Å². The molecular weight excluding hydrogens is 582 g/mol. The van der Waals surface area contributed by atoms with Gasteiger partial charge in [0.2, 0.25) is 5.91 Å². The number of carbonyl (C=O) groups excluding carboxylic acids is 1. The second kappa shape index (κ2) is 13.6. The van der Waals surface area contributed by atoms with E-state index in [1.807, 2.05) is 11.1 Å². The Labute approximate surface area is 274 Å². The molecule has 7 rings (SSSR count). The summed E-state index contributed by atoms with van der Waals surface area (Å²) in [6.45, 7) is 14.0. The molecule has 0 unspecified atom stereocenters. The van der Waals surface area contributed by atoms with Gasteiger partial charge in [-0.1, -0.05) is 63.2 Å². The van der Waals surface area contributed by atoms with Gasteiger partial charge >= 0.3 is 0 Å². The number of aliphatic hydroxyl groups is 1. The number of carbonyl (C=O) groups is 1. The Balaban J connectivity index is 1.03. The van der Waals surface area contributed by atoms with Crippen molar-refractivity contribution in [2.75, 3.05) is 44.2 Å². The quantitative estimate of drug-likeness (QED) is 0.355. The molecule has 2 aromatic rings. The molecule has 2 aliphatic heterocycles. The lowest BCUT2D eigenvalue weighted by Gasteiger charge is -2.62. The van der Waals surface area contributed by atoms with E-state index in [1.165, 1.54) is 17.7 Å². The zero-order valence-electron chi connectivity index (χ0n) is 27.3. The number of fused-ring (bicyclic) bond motifs is 2. The maximum Gasteiger partial charge on any atom is 0.240 e. The number of benzene rings is 2. The van der Waals surface area contributed by atoms with Crippen LogP contribution in [0.4, 0.5) is 5.69 Å². The second-order valence-electron chi connectivity index (χ2n) is 14.4. The Hall–Kier alpha value is -2.72. The lowest BCUT2D eigenvalue weighted by molar-refractivity contribution is -0.161. The van der Waals surface area contributed by atoms with E-state index in [0.29, 0.717) is 36.3 Å². The van der Waals surface area contributed by atoms with E-state index in [1.54, 1.807) is 6.92 Å². The van der Waals surface area contributed by atoms with Crippen LogP contribution in [0.1, 0.15) is 51.7 Å². The summed E-state index contributed by atoms with van der Waals surface area (Å²) >= 11 is 5.71. The number of anilines is 1. The van der Waals surface area contributed by atoms with Gasteiger partial charge in [0.05, 0.1) is 19.3 Å². The minimum absolute atomic E-state index is 0.0185. The van der Waals surface area contributed by atoms with Crippen molar-refractivity contribution < 1.29 is 14.7 Å². The van der Waals surface area contributed by atoms with Crippen molar-refractivity contribution in [3.05, 3.63) is 65.7 Å². The lowest BCUT2D eigenvalue weighted by atomic mass is 9.45. The number of amides is 1. The topological polar surface area (TPSA) is 80.3 Å². The molecule has 3 aliphatic carbocycles. The first-order chi connectivity index (χ1) is 21.6. The van der Waals surface area contributed by atoms with Gasteiger partial charge in [-0.05, 0) is 84.8 Å². The highest BCUT2D eigenvalue weighted by molar-refractivity contribution is 7.80. The average molecular weight is 634 g/mol. The van der Waals surface area contributed by atoms with Gasteiger partial charge in [-0.25, -0.2) is 0 Å². The summed E-state index contributed by atoms with van der Waals surface area (Å²) in [4.78, 5) is 24.6. The number of hydrogen-bond acceptors (Lipinski definition) is 6. The summed E-state index contributed by atoms with van der Waals surface area (Å²) < 4.78 is 0. The molecule has 5 fully saturated rings. The Morgan fingerprint density at radius 3 is 2.49 bits per heavy atom. The fourth-order valence-electron chi connectivity index (χ4n) is 8.32. The van der Waals surface area contributed by atoms with Crippen molar-refractivity contribution in [3.8, 4) is 0 Å². The fourth-order valence-corrected chi connectivity index (χ4v) is 8.60. The highest BCUT2D eigenvalue weighted by Gasteiger charge is 2.57. The predicted molar refractivity (Wildman–Crippen MR) is 183 cm³/mol. The van der Waals surface area contributed by atoms with E-state index in [4.69, 9.17) is 17.1 Å². The molecule has 2 bridgehead atoms. The van der Waals surface area contributed by atoms with Gasteiger partial charge in [0.15, 0.2) is 5.11 Å². The van der Waals surface area contributed by atoms with Crippen LogP contribution < -0.4 is 15.5 Å². The molecule has 5 aliphatic rings. The van der Waals surface area contributed by atoms with Crippen molar-refractivity contribution in [2.45, 2.75) is 71.7 Å². The van der Waals surface area contributed by atoms with Gasteiger partial charge in [0, 0.05) is 50.4 Å². The van der Waals surface area contributed by atoms with Gasteiger partial charge in [-0.2, -0.15) is 5.06 Å². The fraction of sp³-hybridized carbons (Fsp3) is 0.611. The van der Waals surface area contributed by atoms with E-state index in [0.717, 1.165) is 56.2 Å². The number of nitrogens with zero attached hydrogens (tertiary/aromatic N) is 3. The summed E-state index contributed by atoms with van der Waals surface area (Å²) in [5.41, 5.74) is 3.93. The molecule has 8 nitrogen and oxygen atoms in total. The van der Waals surface area contributed by atoms with Gasteiger partial charge in [-0.15, -0.1) is 0 Å². The number of piperazine rings is 1. The third-order valence-electron chi connectivity index (χ3n) is 11.4. The molecule has 3 N–H and O–H groups in total. The van der Waals surface area contributed by atoms with Crippen molar-refractivity contribution >= 4 is 28.9 Å². The smallest absolute Gasteiger partial charge is 0.240 e. The van der Waals surface area contributed by atoms with Crippen LogP contribution in [-0.4, -0.2) is 83.6 Å².